The number of carbonyl (C=O) groups is 1. The van der Waals surface area contributed by atoms with Gasteiger partial charge in [0.15, 0.2) is 5.57 Å². The van der Waals surface area contributed by atoms with Crippen LogP contribution in [0, 0.1) is 11.3 Å². The summed E-state index contributed by atoms with van der Waals surface area (Å²) in [4.78, 5) is 25.2. The molecule has 0 saturated carbocycles. The van der Waals surface area contributed by atoms with Crippen molar-refractivity contribution in [2.24, 2.45) is 0 Å². The van der Waals surface area contributed by atoms with Gasteiger partial charge in [0.1, 0.15) is 16.5 Å². The number of nitrogens with zero attached hydrogens (tertiary/aromatic N) is 2. The number of benzene rings is 1. The lowest BCUT2D eigenvalue weighted by atomic mass is 10.1. The predicted octanol–water partition coefficient (Wildman–Crippen LogP) is 0.0255. The van der Waals surface area contributed by atoms with Gasteiger partial charge in [-0.2, -0.15) is 5.26 Å². The Labute approximate surface area is 160 Å². The Kier molecular flexibility index (Phi) is 6.20. The molecule has 0 unspecified atom stereocenters. The van der Waals surface area contributed by atoms with Crippen molar-refractivity contribution in [3.05, 3.63) is 49.4 Å². The first-order valence-electron chi connectivity index (χ1n) is 8.30. The third-order valence-corrected chi connectivity index (χ3v) is 4.92. The molecule has 1 amide bonds. The van der Waals surface area contributed by atoms with E-state index in [0.29, 0.717) is 16.6 Å². The summed E-state index contributed by atoms with van der Waals surface area (Å²) in [5, 5.41) is 31.0. The number of phenols is 1. The maximum atomic E-state index is 12.7. The molecule has 0 aliphatic carbocycles. The van der Waals surface area contributed by atoms with Gasteiger partial charge in [-0.3, -0.25) is 14.2 Å². The zero-order valence-electron chi connectivity index (χ0n) is 15.3. The second kappa shape index (κ2) is 8.20. The summed E-state index contributed by atoms with van der Waals surface area (Å²) in [5.74, 6) is -0.574. The number of carbonyl (C=O) groups excluding carboxylic acids is 1. The Hall–Kier alpha value is -2.89. The smallest absolute Gasteiger partial charge is 0.269 e. The minimum atomic E-state index is -0.899. The number of aromatic hydroxyl groups is 1. The largest absolute Gasteiger partial charge is 0.508 e. The van der Waals surface area contributed by atoms with Gasteiger partial charge >= 0.3 is 0 Å². The van der Waals surface area contributed by atoms with Crippen LogP contribution in [0.4, 0.5) is 0 Å². The molecular weight excluding hydrogens is 366 g/mol. The number of aliphatic hydroxyl groups excluding tert-OH is 1. The molecule has 0 atom stereocenters. The lowest BCUT2D eigenvalue weighted by molar-refractivity contribution is -0.117. The Balaban J connectivity index is 2.69. The van der Waals surface area contributed by atoms with Crippen molar-refractivity contribution in [1.82, 2.24) is 9.88 Å². The second-order valence-electron chi connectivity index (χ2n) is 6.54. The average Bonchev–Trinajstić information content (AvgIpc) is 2.90. The molecule has 7 nitrogen and oxygen atoms in total. The molecule has 0 spiro atoms. The number of aliphatic hydroxyl groups is 1. The number of nitriles is 1. The number of amides is 1. The van der Waals surface area contributed by atoms with E-state index in [4.69, 9.17) is 0 Å². The lowest BCUT2D eigenvalue weighted by Crippen LogP contribution is -2.47. The van der Waals surface area contributed by atoms with E-state index in [0.717, 1.165) is 11.3 Å². The Morgan fingerprint density at radius 2 is 2.15 bits per heavy atom. The van der Waals surface area contributed by atoms with E-state index < -0.39 is 11.4 Å². The Morgan fingerprint density at radius 1 is 1.44 bits per heavy atom. The molecule has 0 bridgehead atoms. The molecule has 3 N–H and O–H groups in total. The van der Waals surface area contributed by atoms with E-state index in [1.54, 1.807) is 39.0 Å². The van der Waals surface area contributed by atoms with Crippen LogP contribution in [0.2, 0.25) is 0 Å². The van der Waals surface area contributed by atoms with Gasteiger partial charge in [-0.1, -0.05) is 12.1 Å². The molecule has 1 heterocycles. The number of aromatic nitrogens is 1. The van der Waals surface area contributed by atoms with Gasteiger partial charge in [0, 0.05) is 6.54 Å². The topological polar surface area (TPSA) is 115 Å². The lowest BCUT2D eigenvalue weighted by Gasteiger charge is -2.22. The van der Waals surface area contributed by atoms with E-state index in [2.05, 4.69) is 5.32 Å². The number of rotatable bonds is 5. The molecule has 1 aromatic carbocycles. The summed E-state index contributed by atoms with van der Waals surface area (Å²) < 4.78 is 1.96. The quantitative estimate of drug-likeness (QED) is 0.669. The van der Waals surface area contributed by atoms with E-state index in [-0.39, 0.29) is 28.2 Å². The highest BCUT2D eigenvalue weighted by atomic mass is 32.1. The van der Waals surface area contributed by atoms with E-state index in [9.17, 15) is 25.1 Å². The monoisotopic (exact) mass is 387 g/mol. The Bertz CT molecular complexity index is 1070. The summed E-state index contributed by atoms with van der Waals surface area (Å²) in [5.41, 5.74) is -0.768. The molecule has 1 aromatic heterocycles. The van der Waals surface area contributed by atoms with Crippen molar-refractivity contribution in [3.63, 3.8) is 0 Å². The molecule has 0 aliphatic heterocycles. The first-order chi connectivity index (χ1) is 12.7. The summed E-state index contributed by atoms with van der Waals surface area (Å²) in [6, 6.07) is 8.31. The zero-order valence-corrected chi connectivity index (χ0v) is 16.1. The van der Waals surface area contributed by atoms with Gasteiger partial charge in [0.05, 0.1) is 16.7 Å². The fourth-order valence-electron chi connectivity index (χ4n) is 2.36. The van der Waals surface area contributed by atoms with Crippen LogP contribution in [0.3, 0.4) is 0 Å². The summed E-state index contributed by atoms with van der Waals surface area (Å²) in [7, 11) is 0. The first kappa shape index (κ1) is 20.4. The zero-order chi connectivity index (χ0) is 20.2. The van der Waals surface area contributed by atoms with E-state index in [1.165, 1.54) is 16.7 Å². The SMILES string of the molecule is CCn1c(=O)c(=Cc2cccc(O)c2)s/c1=C(/C#N)C(=O)NC(C)(C)CO. The molecule has 0 saturated heterocycles. The predicted molar refractivity (Wildman–Crippen MR) is 104 cm³/mol. The van der Waals surface area contributed by atoms with Gasteiger partial charge < -0.3 is 15.5 Å². The number of nitrogens with one attached hydrogen (secondary N) is 1. The number of hydrogen-bond acceptors (Lipinski definition) is 6. The van der Waals surface area contributed by atoms with Crippen molar-refractivity contribution >= 4 is 28.9 Å². The van der Waals surface area contributed by atoms with Crippen LogP contribution in [0.5, 0.6) is 5.75 Å². The van der Waals surface area contributed by atoms with Gasteiger partial charge in [-0.15, -0.1) is 11.3 Å². The first-order valence-corrected chi connectivity index (χ1v) is 9.12. The normalized spacial score (nSPS) is 13.2. The van der Waals surface area contributed by atoms with Gasteiger partial charge in [0.25, 0.3) is 11.5 Å². The average molecular weight is 387 g/mol. The Morgan fingerprint density at radius 3 is 2.70 bits per heavy atom. The van der Waals surface area contributed by atoms with Crippen LogP contribution in [-0.2, 0) is 11.3 Å². The van der Waals surface area contributed by atoms with Crippen LogP contribution in [0.1, 0.15) is 26.3 Å². The van der Waals surface area contributed by atoms with Crippen LogP contribution in [0.25, 0.3) is 11.6 Å². The molecule has 0 radical (unpaired) electrons. The highest BCUT2D eigenvalue weighted by Gasteiger charge is 2.23. The summed E-state index contributed by atoms with van der Waals surface area (Å²) in [6.07, 6.45) is 1.60. The molecular formula is C19H21N3O4S. The van der Waals surface area contributed by atoms with Crippen molar-refractivity contribution in [2.45, 2.75) is 32.9 Å². The van der Waals surface area contributed by atoms with Crippen LogP contribution in [-0.4, -0.2) is 32.8 Å². The van der Waals surface area contributed by atoms with Gasteiger partial charge in [-0.25, -0.2) is 0 Å². The summed E-state index contributed by atoms with van der Waals surface area (Å²) >= 11 is 1.04. The van der Waals surface area contributed by atoms with Gasteiger partial charge in [-0.05, 0) is 44.5 Å². The minimum absolute atomic E-state index is 0.0752. The molecule has 0 fully saturated rings. The fraction of sp³-hybridized carbons (Fsp3) is 0.316. The number of thiazole rings is 1. The second-order valence-corrected chi connectivity index (χ2v) is 7.57. The molecule has 8 heteroatoms. The molecule has 27 heavy (non-hydrogen) atoms. The minimum Gasteiger partial charge on any atom is -0.508 e. The number of hydrogen-bond donors (Lipinski definition) is 3. The van der Waals surface area contributed by atoms with Crippen LogP contribution < -0.4 is 20.1 Å². The van der Waals surface area contributed by atoms with Crippen LogP contribution in [0.15, 0.2) is 29.1 Å². The van der Waals surface area contributed by atoms with E-state index >= 15 is 0 Å². The van der Waals surface area contributed by atoms with Crippen molar-refractivity contribution in [1.29, 1.82) is 5.26 Å². The fourth-order valence-corrected chi connectivity index (χ4v) is 3.53. The van der Waals surface area contributed by atoms with Crippen molar-refractivity contribution in [2.75, 3.05) is 6.61 Å². The van der Waals surface area contributed by atoms with Crippen molar-refractivity contribution < 1.29 is 15.0 Å². The van der Waals surface area contributed by atoms with Crippen molar-refractivity contribution in [3.8, 4) is 11.8 Å². The maximum absolute atomic E-state index is 12.7. The molecule has 2 rings (SSSR count). The highest BCUT2D eigenvalue weighted by Crippen LogP contribution is 2.11. The molecule has 0 aliphatic rings. The van der Waals surface area contributed by atoms with Crippen LogP contribution >= 0.6 is 11.3 Å². The maximum Gasteiger partial charge on any atom is 0.269 e. The van der Waals surface area contributed by atoms with Gasteiger partial charge in [0.2, 0.25) is 0 Å². The summed E-state index contributed by atoms with van der Waals surface area (Å²) in [6.45, 7) is 5.00. The molecule has 2 aromatic rings. The highest BCUT2D eigenvalue weighted by molar-refractivity contribution is 7.07. The number of phenolic OH excluding ortho intramolecular Hbond substituents is 1. The molecule has 142 valence electrons. The third kappa shape index (κ3) is 4.64. The third-order valence-electron chi connectivity index (χ3n) is 3.79. The van der Waals surface area contributed by atoms with E-state index in [1.807, 2.05) is 6.07 Å². The standard InChI is InChI=1S/C19H21N3O4S/c1-4-22-17(26)15(9-12-6-5-7-13(24)8-12)27-18(22)14(10-20)16(25)21-19(2,3)11-23/h5-9,23-24H,4,11H2,1-3H3,(H,21,25)/b15-9?,18-14-.